The van der Waals surface area contributed by atoms with E-state index in [9.17, 15) is 23.1 Å². The molecule has 0 aliphatic rings. The minimum Gasteiger partial charge on any atom is -0.466 e. The number of carbonyl (C=O) groups is 1. The number of alkyl halides is 3. The number of hydrogen-bond donors (Lipinski definition) is 1. The lowest BCUT2D eigenvalue weighted by Gasteiger charge is -2.14. The topological polar surface area (TPSA) is 81.8 Å². The summed E-state index contributed by atoms with van der Waals surface area (Å²) >= 11 is 0. The van der Waals surface area contributed by atoms with Crippen LogP contribution in [0.3, 0.4) is 0 Å². The maximum atomic E-state index is 13.0. The number of benzene rings is 3. The van der Waals surface area contributed by atoms with E-state index in [2.05, 4.69) is 5.16 Å². The van der Waals surface area contributed by atoms with Crippen molar-refractivity contribution in [3.63, 3.8) is 0 Å². The predicted molar refractivity (Wildman–Crippen MR) is 143 cm³/mol. The van der Waals surface area contributed by atoms with Crippen molar-refractivity contribution in [2.75, 3.05) is 6.61 Å². The van der Waals surface area contributed by atoms with Crippen LogP contribution in [0.5, 0.6) is 0 Å². The third-order valence-corrected chi connectivity index (χ3v) is 6.42. The van der Waals surface area contributed by atoms with E-state index >= 15 is 0 Å². The Morgan fingerprint density at radius 3 is 2.27 bits per heavy atom. The van der Waals surface area contributed by atoms with Crippen LogP contribution in [0.1, 0.15) is 41.3 Å². The molecule has 0 aliphatic heterocycles. The molecule has 210 valence electrons. The van der Waals surface area contributed by atoms with Crippen LogP contribution >= 0.6 is 0 Å². The summed E-state index contributed by atoms with van der Waals surface area (Å²) in [5.74, 6) is 0.277. The van der Waals surface area contributed by atoms with Crippen molar-refractivity contribution in [2.45, 2.75) is 52.2 Å². The molecule has 9 heteroatoms. The summed E-state index contributed by atoms with van der Waals surface area (Å²) in [5, 5.41) is 14.5. The first kappa shape index (κ1) is 29.0. The van der Waals surface area contributed by atoms with E-state index in [1.54, 1.807) is 13.8 Å². The van der Waals surface area contributed by atoms with E-state index in [0.717, 1.165) is 34.4 Å². The summed E-state index contributed by atoms with van der Waals surface area (Å²) < 4.78 is 54.8. The number of nitrogens with zero attached hydrogens (tertiary/aromatic N) is 1. The van der Waals surface area contributed by atoms with Gasteiger partial charge in [-0.3, -0.25) is 4.79 Å². The van der Waals surface area contributed by atoms with Gasteiger partial charge in [0.25, 0.3) is 0 Å². The van der Waals surface area contributed by atoms with E-state index in [-0.39, 0.29) is 19.0 Å². The van der Waals surface area contributed by atoms with Crippen molar-refractivity contribution in [1.82, 2.24) is 5.16 Å². The third-order valence-electron chi connectivity index (χ3n) is 6.42. The molecule has 0 bridgehead atoms. The molecule has 6 nitrogen and oxygen atoms in total. The van der Waals surface area contributed by atoms with E-state index in [4.69, 9.17) is 14.0 Å². The number of ether oxygens (including phenoxy) is 2. The molecule has 1 atom stereocenters. The first-order chi connectivity index (χ1) is 19.1. The van der Waals surface area contributed by atoms with E-state index in [1.807, 2.05) is 48.5 Å². The second-order valence-corrected chi connectivity index (χ2v) is 9.32. The Balaban J connectivity index is 1.39. The molecular formula is C31H30F3NO5. The Morgan fingerprint density at radius 1 is 0.975 bits per heavy atom. The summed E-state index contributed by atoms with van der Waals surface area (Å²) in [7, 11) is 0. The third kappa shape index (κ3) is 7.58. The zero-order valence-electron chi connectivity index (χ0n) is 22.2. The Kier molecular flexibility index (Phi) is 9.39. The van der Waals surface area contributed by atoms with E-state index < -0.39 is 18.0 Å². The minimum atomic E-state index is -4.45. The Bertz CT molecular complexity index is 1410. The first-order valence-electron chi connectivity index (χ1n) is 12.9. The summed E-state index contributed by atoms with van der Waals surface area (Å²) in [5.41, 5.74) is 4.57. The normalized spacial score (nSPS) is 12.3. The van der Waals surface area contributed by atoms with Crippen molar-refractivity contribution in [3.8, 4) is 22.5 Å². The van der Waals surface area contributed by atoms with Crippen molar-refractivity contribution in [3.05, 3.63) is 101 Å². The van der Waals surface area contributed by atoms with Crippen LogP contribution in [0.25, 0.3) is 22.5 Å². The van der Waals surface area contributed by atoms with Gasteiger partial charge in [-0.05, 0) is 54.7 Å². The molecule has 4 rings (SSSR count). The van der Waals surface area contributed by atoms with Crippen molar-refractivity contribution >= 4 is 5.97 Å². The van der Waals surface area contributed by atoms with Crippen LogP contribution in [-0.2, 0) is 39.9 Å². The highest BCUT2D eigenvalue weighted by Crippen LogP contribution is 2.31. The first-order valence-corrected chi connectivity index (χ1v) is 12.9. The number of carbonyl (C=O) groups excluding carboxylic acids is 1. The van der Waals surface area contributed by atoms with Gasteiger partial charge in [-0.25, -0.2) is 0 Å². The highest BCUT2D eigenvalue weighted by Gasteiger charge is 2.30. The largest absolute Gasteiger partial charge is 0.466 e. The monoisotopic (exact) mass is 553 g/mol. The zero-order chi connectivity index (χ0) is 28.7. The Hall–Kier alpha value is -3.95. The lowest BCUT2D eigenvalue weighted by atomic mass is 9.99. The molecule has 1 aromatic heterocycles. The molecule has 0 aliphatic carbocycles. The molecule has 4 aromatic rings. The maximum Gasteiger partial charge on any atom is 0.416 e. The number of aliphatic hydroxyl groups excluding tert-OH is 1. The highest BCUT2D eigenvalue weighted by molar-refractivity contribution is 5.71. The molecule has 40 heavy (non-hydrogen) atoms. The van der Waals surface area contributed by atoms with Gasteiger partial charge in [-0.15, -0.1) is 0 Å². The van der Waals surface area contributed by atoms with Gasteiger partial charge in [0.2, 0.25) is 0 Å². The molecule has 3 aromatic carbocycles. The molecule has 0 saturated carbocycles. The van der Waals surface area contributed by atoms with Gasteiger partial charge >= 0.3 is 12.1 Å². The molecule has 1 unspecified atom stereocenters. The summed E-state index contributed by atoms with van der Waals surface area (Å²) in [6, 6.07) is 20.5. The van der Waals surface area contributed by atoms with E-state index in [1.165, 1.54) is 12.1 Å². The van der Waals surface area contributed by atoms with Gasteiger partial charge in [0.1, 0.15) is 0 Å². The maximum absolute atomic E-state index is 13.0. The number of rotatable bonds is 11. The fourth-order valence-corrected chi connectivity index (χ4v) is 4.28. The Labute approximate surface area is 230 Å². The smallest absolute Gasteiger partial charge is 0.416 e. The average molecular weight is 554 g/mol. The number of aromatic nitrogens is 1. The summed E-state index contributed by atoms with van der Waals surface area (Å²) in [6.07, 6.45) is -4.72. The lowest BCUT2D eigenvalue weighted by molar-refractivity contribution is -0.143. The van der Waals surface area contributed by atoms with Gasteiger partial charge in [-0.1, -0.05) is 65.8 Å². The zero-order valence-corrected chi connectivity index (χ0v) is 22.2. The van der Waals surface area contributed by atoms with Crippen molar-refractivity contribution < 1.29 is 37.1 Å². The fourth-order valence-electron chi connectivity index (χ4n) is 4.28. The van der Waals surface area contributed by atoms with Crippen LogP contribution in [0.15, 0.2) is 77.3 Å². The molecule has 0 spiro atoms. The van der Waals surface area contributed by atoms with Gasteiger partial charge in [-0.2, -0.15) is 13.2 Å². The second kappa shape index (κ2) is 12.9. The fraction of sp³-hybridized carbons (Fsp3) is 0.290. The second-order valence-electron chi connectivity index (χ2n) is 9.32. The Morgan fingerprint density at radius 2 is 1.62 bits per heavy atom. The number of hydrogen-bond acceptors (Lipinski definition) is 6. The van der Waals surface area contributed by atoms with Gasteiger partial charge in [0.15, 0.2) is 12.1 Å². The average Bonchev–Trinajstić information content (AvgIpc) is 3.30. The SMILES string of the molecule is CCOC(=O)CCc1ccc(-c2ccc(-c3onc(C)c3CC(O)OCc3cccc(C(F)(F)F)c3)cc2)cc1. The van der Waals surface area contributed by atoms with Gasteiger partial charge in [0, 0.05) is 24.0 Å². The van der Waals surface area contributed by atoms with Crippen molar-refractivity contribution in [2.24, 2.45) is 0 Å². The number of aliphatic hydroxyl groups is 1. The summed E-state index contributed by atoms with van der Waals surface area (Å²) in [6.45, 7) is 3.73. The molecule has 0 saturated heterocycles. The molecule has 0 radical (unpaired) electrons. The highest BCUT2D eigenvalue weighted by atomic mass is 19.4. The number of aryl methyl sites for hydroxylation is 2. The van der Waals surface area contributed by atoms with Gasteiger partial charge in [0.05, 0.1) is 24.5 Å². The predicted octanol–water partition coefficient (Wildman–Crippen LogP) is 6.91. The molecule has 0 fully saturated rings. The van der Waals surface area contributed by atoms with Crippen molar-refractivity contribution in [1.29, 1.82) is 0 Å². The number of halogens is 3. The quantitative estimate of drug-likeness (QED) is 0.161. The van der Waals surface area contributed by atoms with Crippen LogP contribution in [0.4, 0.5) is 13.2 Å². The van der Waals surface area contributed by atoms with Gasteiger partial charge < -0.3 is 19.1 Å². The molecule has 0 amide bonds. The van der Waals surface area contributed by atoms with Crippen LogP contribution in [0, 0.1) is 6.92 Å². The number of esters is 1. The molecule has 1 N–H and O–H groups in total. The lowest BCUT2D eigenvalue weighted by Crippen LogP contribution is -2.16. The van der Waals surface area contributed by atoms with Crippen LogP contribution in [-0.4, -0.2) is 29.1 Å². The van der Waals surface area contributed by atoms with Crippen LogP contribution in [0.2, 0.25) is 0 Å². The standard InChI is InChI=1S/C31H30F3NO5/c1-3-38-28(36)16-9-21-7-10-23(11-8-21)24-12-14-25(15-13-24)30-27(20(2)35-40-30)18-29(37)39-19-22-5-4-6-26(17-22)31(32,33)34/h4-8,10-15,17,29,37H,3,9,16,18-19H2,1-2H3. The summed E-state index contributed by atoms with van der Waals surface area (Å²) in [4.78, 5) is 11.6. The molecule has 1 heterocycles. The minimum absolute atomic E-state index is 0.0542. The van der Waals surface area contributed by atoms with Crippen LogP contribution < -0.4 is 0 Å². The van der Waals surface area contributed by atoms with E-state index in [0.29, 0.717) is 42.0 Å². The molecular weight excluding hydrogens is 523 g/mol.